The van der Waals surface area contributed by atoms with E-state index in [2.05, 4.69) is 0 Å². The molecule has 3 aliphatic rings. The smallest absolute Gasteiger partial charge is 0.171 e. The SMILES string of the molecule is Cc1ccc(C(=O)[C@@H]2CCC(C)OC2)c(Cl)c1Cl.Cc1ccc(C(=O)[C@@H]2CCC(C)OC2)c(F)c1Cl.Cc1ccc(C(=O)[C@@H]2CCC(C)OC2)c(F)c1F. The van der Waals surface area contributed by atoms with E-state index in [-0.39, 0.29) is 81.7 Å². The lowest BCUT2D eigenvalue weighted by atomic mass is 9.90. The normalized spacial score (nSPS) is 24.0. The van der Waals surface area contributed by atoms with Crippen LogP contribution in [-0.2, 0) is 14.2 Å². The van der Waals surface area contributed by atoms with Gasteiger partial charge in [0, 0.05) is 23.3 Å². The van der Waals surface area contributed by atoms with Crippen LogP contribution in [0.2, 0.25) is 15.1 Å². The molecule has 6 atom stereocenters. The molecule has 6 rings (SSSR count). The van der Waals surface area contributed by atoms with Crippen molar-refractivity contribution in [1.29, 1.82) is 0 Å². The fourth-order valence-corrected chi connectivity index (χ4v) is 7.07. The molecule has 6 nitrogen and oxygen atoms in total. The molecule has 3 heterocycles. The van der Waals surface area contributed by atoms with Crippen LogP contribution < -0.4 is 0 Å². The minimum atomic E-state index is -1.04. The van der Waals surface area contributed by atoms with Gasteiger partial charge in [0.25, 0.3) is 0 Å². The Bertz CT molecular complexity index is 1600. The number of benzene rings is 3. The highest BCUT2D eigenvalue weighted by molar-refractivity contribution is 6.44. The molecule has 3 aliphatic heterocycles. The van der Waals surface area contributed by atoms with Crippen LogP contribution in [0.5, 0.6) is 0 Å². The quantitative estimate of drug-likeness (QED) is 0.231. The van der Waals surface area contributed by atoms with Crippen molar-refractivity contribution in [3.63, 3.8) is 0 Å². The number of aryl methyl sites for hydroxylation is 3. The molecule has 0 aliphatic carbocycles. The first-order valence-electron chi connectivity index (χ1n) is 18.3. The third kappa shape index (κ3) is 10.9. The van der Waals surface area contributed by atoms with Gasteiger partial charge >= 0.3 is 0 Å². The van der Waals surface area contributed by atoms with Crippen molar-refractivity contribution in [2.75, 3.05) is 19.8 Å². The Balaban J connectivity index is 0.000000180. The summed E-state index contributed by atoms with van der Waals surface area (Å²) in [5.41, 5.74) is 2.15. The molecule has 0 radical (unpaired) electrons. The molecule has 3 fully saturated rings. The van der Waals surface area contributed by atoms with Gasteiger partial charge in [0.05, 0.1) is 64.3 Å². The molecule has 0 amide bonds. The van der Waals surface area contributed by atoms with E-state index >= 15 is 0 Å². The van der Waals surface area contributed by atoms with E-state index in [1.807, 2.05) is 33.8 Å². The maximum Gasteiger partial charge on any atom is 0.171 e. The minimum absolute atomic E-state index is 0.0333. The van der Waals surface area contributed by atoms with E-state index in [9.17, 15) is 27.6 Å². The van der Waals surface area contributed by atoms with Crippen LogP contribution in [0.3, 0.4) is 0 Å². The second kappa shape index (κ2) is 19.9. The van der Waals surface area contributed by atoms with Gasteiger partial charge in [-0.15, -0.1) is 0 Å². The number of rotatable bonds is 6. The minimum Gasteiger partial charge on any atom is -0.378 e. The van der Waals surface area contributed by atoms with Gasteiger partial charge in [-0.2, -0.15) is 0 Å². The first-order valence-corrected chi connectivity index (χ1v) is 19.5. The van der Waals surface area contributed by atoms with Gasteiger partial charge in [-0.05, 0) is 115 Å². The Morgan fingerprint density at radius 1 is 0.481 bits per heavy atom. The summed E-state index contributed by atoms with van der Waals surface area (Å²) in [6.07, 6.45) is 5.32. The van der Waals surface area contributed by atoms with E-state index in [0.29, 0.717) is 40.8 Å². The Morgan fingerprint density at radius 3 is 1.24 bits per heavy atom. The van der Waals surface area contributed by atoms with Crippen molar-refractivity contribution < 1.29 is 41.8 Å². The predicted molar refractivity (Wildman–Crippen MR) is 206 cm³/mol. The zero-order valence-electron chi connectivity index (χ0n) is 31.5. The number of hydrogen-bond donors (Lipinski definition) is 0. The Labute approximate surface area is 331 Å². The summed E-state index contributed by atoms with van der Waals surface area (Å²) in [5, 5.41) is 0.860. The summed E-state index contributed by atoms with van der Waals surface area (Å²) in [4.78, 5) is 36.7. The van der Waals surface area contributed by atoms with E-state index in [0.717, 1.165) is 37.7 Å². The second-order valence-electron chi connectivity index (χ2n) is 14.5. The molecular formula is C42H48Cl3F3O6. The molecule has 0 bridgehead atoms. The van der Waals surface area contributed by atoms with Crippen LogP contribution >= 0.6 is 34.8 Å². The zero-order valence-corrected chi connectivity index (χ0v) is 33.8. The van der Waals surface area contributed by atoms with Gasteiger partial charge < -0.3 is 14.2 Å². The molecule has 294 valence electrons. The monoisotopic (exact) mass is 810 g/mol. The van der Waals surface area contributed by atoms with Gasteiger partial charge in [-0.3, -0.25) is 14.4 Å². The largest absolute Gasteiger partial charge is 0.378 e. The molecule has 0 saturated carbocycles. The van der Waals surface area contributed by atoms with Crippen molar-refractivity contribution in [2.24, 2.45) is 17.8 Å². The van der Waals surface area contributed by atoms with E-state index in [4.69, 9.17) is 49.0 Å². The van der Waals surface area contributed by atoms with Crippen LogP contribution in [0.25, 0.3) is 0 Å². The topological polar surface area (TPSA) is 78.9 Å². The number of Topliss-reactive ketones (excluding diaryl/α,β-unsaturated/α-hetero) is 3. The number of ether oxygens (including phenoxy) is 3. The molecule has 3 aromatic carbocycles. The molecule has 54 heavy (non-hydrogen) atoms. The Hall–Kier alpha value is -2.79. The number of carbonyl (C=O) groups is 3. The van der Waals surface area contributed by atoms with Gasteiger partial charge in [0.15, 0.2) is 34.8 Å². The van der Waals surface area contributed by atoms with Crippen molar-refractivity contribution >= 4 is 52.2 Å². The second-order valence-corrected chi connectivity index (χ2v) is 15.7. The third-order valence-electron chi connectivity index (χ3n) is 10.2. The van der Waals surface area contributed by atoms with E-state index in [1.165, 1.54) is 25.1 Å². The molecule has 12 heteroatoms. The lowest BCUT2D eigenvalue weighted by molar-refractivity contribution is -0.000890. The van der Waals surface area contributed by atoms with Crippen LogP contribution in [-0.4, -0.2) is 55.5 Å². The summed E-state index contributed by atoms with van der Waals surface area (Å²) in [7, 11) is 0. The number of halogens is 6. The lowest BCUT2D eigenvalue weighted by Crippen LogP contribution is -2.30. The van der Waals surface area contributed by atoms with Crippen LogP contribution in [0, 0.1) is 56.0 Å². The highest BCUT2D eigenvalue weighted by Gasteiger charge is 2.31. The lowest BCUT2D eigenvalue weighted by Gasteiger charge is -2.26. The molecule has 0 spiro atoms. The van der Waals surface area contributed by atoms with Crippen molar-refractivity contribution in [3.05, 3.63) is 102 Å². The van der Waals surface area contributed by atoms with Gasteiger partial charge in [-0.1, -0.05) is 53.0 Å². The molecule has 3 aromatic rings. The van der Waals surface area contributed by atoms with Crippen LogP contribution in [0.15, 0.2) is 36.4 Å². The number of carbonyl (C=O) groups excluding carboxylic acids is 3. The average molecular weight is 812 g/mol. The van der Waals surface area contributed by atoms with Crippen LogP contribution in [0.4, 0.5) is 13.2 Å². The Morgan fingerprint density at radius 2 is 0.833 bits per heavy atom. The number of hydrogen-bond acceptors (Lipinski definition) is 6. The highest BCUT2D eigenvalue weighted by atomic mass is 35.5. The summed E-state index contributed by atoms with van der Waals surface area (Å²) in [6, 6.07) is 9.55. The van der Waals surface area contributed by atoms with E-state index < -0.39 is 17.5 Å². The van der Waals surface area contributed by atoms with Crippen molar-refractivity contribution in [1.82, 2.24) is 0 Å². The summed E-state index contributed by atoms with van der Waals surface area (Å²) >= 11 is 18.1. The van der Waals surface area contributed by atoms with Gasteiger partial charge in [0.1, 0.15) is 0 Å². The number of ketones is 3. The summed E-state index contributed by atoms with van der Waals surface area (Å²) in [6.45, 7) is 12.1. The summed E-state index contributed by atoms with van der Waals surface area (Å²) < 4.78 is 57.5. The zero-order chi connectivity index (χ0) is 39.9. The van der Waals surface area contributed by atoms with Gasteiger partial charge in [0.2, 0.25) is 0 Å². The van der Waals surface area contributed by atoms with Crippen molar-refractivity contribution in [2.45, 2.75) is 98.4 Å². The van der Waals surface area contributed by atoms with Crippen LogP contribution in [0.1, 0.15) is 107 Å². The average Bonchev–Trinajstić information content (AvgIpc) is 3.16. The van der Waals surface area contributed by atoms with Crippen molar-refractivity contribution in [3.8, 4) is 0 Å². The first-order chi connectivity index (χ1) is 25.5. The fourth-order valence-electron chi connectivity index (χ4n) is 6.44. The molecule has 0 aromatic heterocycles. The molecule has 3 saturated heterocycles. The molecular weight excluding hydrogens is 764 g/mol. The molecule has 0 N–H and O–H groups in total. The first kappa shape index (κ1) is 43.9. The standard InChI is InChI=1S/C14H16Cl2O2.C14H16ClFO2.C14H16F2O2/c3*1-8-3-6-11(13(16)12(8)15)14(17)10-5-4-9(2)18-7-10/h3*3,6,9-10H,4-5,7H2,1-2H3/t3*9?,10-/m111/s1. The predicted octanol–water partition coefficient (Wildman–Crippen LogP) is 11.4. The summed E-state index contributed by atoms with van der Waals surface area (Å²) in [5.74, 6) is -3.84. The highest BCUT2D eigenvalue weighted by Crippen LogP contribution is 2.33. The Kier molecular flexibility index (Phi) is 16.2. The third-order valence-corrected chi connectivity index (χ3v) is 11.7. The van der Waals surface area contributed by atoms with E-state index in [1.54, 1.807) is 19.1 Å². The fraction of sp³-hybridized carbons (Fsp3) is 0.500. The maximum absolute atomic E-state index is 14.0. The molecule has 3 unspecified atom stereocenters. The maximum atomic E-state index is 14.0. The van der Waals surface area contributed by atoms with Gasteiger partial charge in [-0.25, -0.2) is 13.2 Å².